The second kappa shape index (κ2) is 8.42. The number of ketones is 1. The van der Waals surface area contributed by atoms with E-state index in [1.807, 2.05) is 31.2 Å². The van der Waals surface area contributed by atoms with Crippen molar-refractivity contribution in [3.8, 4) is 5.75 Å². The van der Waals surface area contributed by atoms with Gasteiger partial charge in [-0.1, -0.05) is 31.5 Å². The summed E-state index contributed by atoms with van der Waals surface area (Å²) in [6, 6.07) is 7.58. The molecule has 0 radical (unpaired) electrons. The summed E-state index contributed by atoms with van der Waals surface area (Å²) in [5.41, 5.74) is 3.68. The number of para-hydroxylation sites is 1. The van der Waals surface area contributed by atoms with Crippen LogP contribution in [0.3, 0.4) is 0 Å². The molecule has 0 bridgehead atoms. The zero-order valence-corrected chi connectivity index (χ0v) is 16.3. The van der Waals surface area contributed by atoms with E-state index in [-0.39, 0.29) is 11.8 Å². The number of hydrogen-bond donors (Lipinski definition) is 1. The summed E-state index contributed by atoms with van der Waals surface area (Å²) in [5.74, 6) is -0.0686. The zero-order chi connectivity index (χ0) is 19.4. The van der Waals surface area contributed by atoms with Gasteiger partial charge < -0.3 is 14.8 Å². The van der Waals surface area contributed by atoms with Gasteiger partial charge in [-0.3, -0.25) is 4.79 Å². The van der Waals surface area contributed by atoms with Gasteiger partial charge in [-0.05, 0) is 32.3 Å². The highest BCUT2D eigenvalue weighted by atomic mass is 16.5. The molecule has 1 aliphatic heterocycles. The van der Waals surface area contributed by atoms with Crippen molar-refractivity contribution >= 4 is 11.8 Å². The lowest BCUT2D eigenvalue weighted by Crippen LogP contribution is -2.34. The van der Waals surface area contributed by atoms with Crippen LogP contribution in [-0.2, 0) is 14.3 Å². The molecule has 0 fully saturated rings. The van der Waals surface area contributed by atoms with Crippen LogP contribution >= 0.6 is 0 Å². The van der Waals surface area contributed by atoms with Crippen molar-refractivity contribution in [2.45, 2.75) is 51.9 Å². The van der Waals surface area contributed by atoms with Crippen LogP contribution < -0.4 is 10.1 Å². The molecule has 1 aromatic carbocycles. The summed E-state index contributed by atoms with van der Waals surface area (Å²) in [7, 11) is 1.60. The largest absolute Gasteiger partial charge is 0.496 e. The SMILES string of the molecule is CCCCOC(=O)C1=C(C)NC2=C(C(=O)CCC2)[C@@H]1c1ccccc1OC. The number of nitrogens with one attached hydrogen (secondary N) is 1. The third-order valence-corrected chi connectivity index (χ3v) is 5.18. The number of Topliss-reactive ketones (excluding diaryl/α,β-unsaturated/α-hetero) is 1. The van der Waals surface area contributed by atoms with Crippen molar-refractivity contribution in [3.05, 3.63) is 52.4 Å². The quantitative estimate of drug-likeness (QED) is 0.606. The maximum absolute atomic E-state index is 13.0. The zero-order valence-electron chi connectivity index (χ0n) is 16.3. The summed E-state index contributed by atoms with van der Waals surface area (Å²) in [6.45, 7) is 4.31. The molecule has 0 amide bonds. The molecule has 1 aromatic rings. The Balaban J connectivity index is 2.10. The Bertz CT molecular complexity index is 806. The Kier molecular flexibility index (Phi) is 5.99. The normalized spacial score (nSPS) is 19.5. The number of esters is 1. The van der Waals surface area contributed by atoms with E-state index < -0.39 is 5.92 Å². The number of carbonyl (C=O) groups is 2. The molecule has 0 aromatic heterocycles. The van der Waals surface area contributed by atoms with E-state index in [0.29, 0.717) is 29.9 Å². The molecule has 2 aliphatic rings. The number of allylic oxidation sites excluding steroid dienone is 3. The Morgan fingerprint density at radius 1 is 1.26 bits per heavy atom. The van der Waals surface area contributed by atoms with Gasteiger partial charge >= 0.3 is 5.97 Å². The van der Waals surface area contributed by atoms with Crippen LogP contribution in [0.4, 0.5) is 0 Å². The van der Waals surface area contributed by atoms with Crippen LogP contribution in [0.15, 0.2) is 46.8 Å². The van der Waals surface area contributed by atoms with Gasteiger partial charge in [-0.25, -0.2) is 4.79 Å². The van der Waals surface area contributed by atoms with Crippen molar-refractivity contribution < 1.29 is 19.1 Å². The highest BCUT2D eigenvalue weighted by Crippen LogP contribution is 2.45. The molecule has 1 N–H and O–H groups in total. The lowest BCUT2D eigenvalue weighted by Gasteiger charge is -2.34. The first-order chi connectivity index (χ1) is 13.1. The highest BCUT2D eigenvalue weighted by molar-refractivity contribution is 6.04. The fraction of sp³-hybridized carbons (Fsp3) is 0.455. The van der Waals surface area contributed by atoms with Crippen LogP contribution in [0, 0.1) is 0 Å². The summed E-state index contributed by atoms with van der Waals surface area (Å²) in [4.78, 5) is 25.8. The first-order valence-corrected chi connectivity index (χ1v) is 9.62. The fourth-order valence-corrected chi connectivity index (χ4v) is 3.86. The molecule has 5 heteroatoms. The van der Waals surface area contributed by atoms with E-state index in [0.717, 1.165) is 42.6 Å². The predicted octanol–water partition coefficient (Wildman–Crippen LogP) is 4.01. The Labute approximate surface area is 160 Å². The molecule has 3 rings (SSSR count). The Morgan fingerprint density at radius 3 is 2.78 bits per heavy atom. The molecule has 27 heavy (non-hydrogen) atoms. The van der Waals surface area contributed by atoms with Crippen LogP contribution in [0.5, 0.6) is 5.75 Å². The van der Waals surface area contributed by atoms with Crippen LogP contribution in [-0.4, -0.2) is 25.5 Å². The van der Waals surface area contributed by atoms with Gasteiger partial charge in [0.1, 0.15) is 5.75 Å². The molecule has 1 aliphatic carbocycles. The summed E-state index contributed by atoms with van der Waals surface area (Å²) in [5, 5.41) is 3.30. The van der Waals surface area contributed by atoms with E-state index in [1.54, 1.807) is 7.11 Å². The van der Waals surface area contributed by atoms with Gasteiger partial charge in [0.05, 0.1) is 25.2 Å². The topological polar surface area (TPSA) is 64.6 Å². The minimum atomic E-state index is -0.459. The van der Waals surface area contributed by atoms with Crippen molar-refractivity contribution in [1.29, 1.82) is 0 Å². The van der Waals surface area contributed by atoms with Crippen LogP contribution in [0.2, 0.25) is 0 Å². The molecular formula is C22H27NO4. The number of methoxy groups -OCH3 is 1. The standard InChI is InChI=1S/C22H27NO4/c1-4-5-13-27-22(25)19-14(2)23-16-10-8-11-17(24)21(16)20(19)15-9-6-7-12-18(15)26-3/h6-7,9,12,20,23H,4-5,8,10-11,13H2,1-3H3/t20-/m1/s1. The van der Waals surface area contributed by atoms with E-state index in [1.165, 1.54) is 0 Å². The number of hydrogen-bond acceptors (Lipinski definition) is 5. The lowest BCUT2D eigenvalue weighted by molar-refractivity contribution is -0.139. The van der Waals surface area contributed by atoms with Crippen LogP contribution in [0.25, 0.3) is 0 Å². The molecular weight excluding hydrogens is 342 g/mol. The average Bonchev–Trinajstić information content (AvgIpc) is 2.67. The Morgan fingerprint density at radius 2 is 2.04 bits per heavy atom. The maximum Gasteiger partial charge on any atom is 0.336 e. The second-order valence-corrected chi connectivity index (χ2v) is 7.00. The summed E-state index contributed by atoms with van der Waals surface area (Å²) < 4.78 is 11.1. The van der Waals surface area contributed by atoms with E-state index in [4.69, 9.17) is 9.47 Å². The number of unbranched alkanes of at least 4 members (excludes halogenated alkanes) is 1. The van der Waals surface area contributed by atoms with Crippen LogP contribution in [0.1, 0.15) is 57.4 Å². The number of ether oxygens (including phenoxy) is 2. The predicted molar refractivity (Wildman–Crippen MR) is 103 cm³/mol. The average molecular weight is 369 g/mol. The van der Waals surface area contributed by atoms with Gasteiger partial charge in [-0.2, -0.15) is 0 Å². The smallest absolute Gasteiger partial charge is 0.336 e. The monoisotopic (exact) mass is 369 g/mol. The van der Waals surface area contributed by atoms with Crippen molar-refractivity contribution in [1.82, 2.24) is 5.32 Å². The lowest BCUT2D eigenvalue weighted by atomic mass is 9.75. The fourth-order valence-electron chi connectivity index (χ4n) is 3.86. The molecule has 144 valence electrons. The maximum atomic E-state index is 13.0. The minimum absolute atomic E-state index is 0.0889. The van der Waals surface area contributed by atoms with Crippen molar-refractivity contribution in [3.63, 3.8) is 0 Å². The third-order valence-electron chi connectivity index (χ3n) is 5.18. The highest BCUT2D eigenvalue weighted by Gasteiger charge is 2.40. The van der Waals surface area contributed by atoms with Crippen molar-refractivity contribution in [2.75, 3.05) is 13.7 Å². The molecule has 0 spiro atoms. The van der Waals surface area contributed by atoms with Gasteiger partial charge in [0, 0.05) is 29.0 Å². The van der Waals surface area contributed by atoms with Gasteiger partial charge in [0.25, 0.3) is 0 Å². The molecule has 5 nitrogen and oxygen atoms in total. The number of benzene rings is 1. The second-order valence-electron chi connectivity index (χ2n) is 7.00. The third kappa shape index (κ3) is 3.77. The van der Waals surface area contributed by atoms with Crippen molar-refractivity contribution in [2.24, 2.45) is 0 Å². The van der Waals surface area contributed by atoms with E-state index in [2.05, 4.69) is 12.2 Å². The number of dihydropyridines is 1. The summed E-state index contributed by atoms with van der Waals surface area (Å²) in [6.07, 6.45) is 3.91. The number of rotatable bonds is 6. The Hall–Kier alpha value is -2.56. The first kappa shape index (κ1) is 19.2. The minimum Gasteiger partial charge on any atom is -0.496 e. The van der Waals surface area contributed by atoms with E-state index >= 15 is 0 Å². The molecule has 0 saturated heterocycles. The van der Waals surface area contributed by atoms with Gasteiger partial charge in [0.15, 0.2) is 5.78 Å². The molecule has 0 saturated carbocycles. The molecule has 0 unspecified atom stereocenters. The molecule has 1 atom stereocenters. The van der Waals surface area contributed by atoms with E-state index in [9.17, 15) is 9.59 Å². The first-order valence-electron chi connectivity index (χ1n) is 9.62. The van der Waals surface area contributed by atoms with Gasteiger partial charge in [-0.15, -0.1) is 0 Å². The van der Waals surface area contributed by atoms with Gasteiger partial charge in [0.2, 0.25) is 0 Å². The summed E-state index contributed by atoms with van der Waals surface area (Å²) >= 11 is 0. The number of carbonyl (C=O) groups excluding carboxylic acids is 2. The molecule has 1 heterocycles.